The number of nitriles is 1. The molecule has 94 valence electrons. The van der Waals surface area contributed by atoms with Gasteiger partial charge in [-0.3, -0.25) is 4.79 Å². The lowest BCUT2D eigenvalue weighted by Gasteiger charge is -2.22. The van der Waals surface area contributed by atoms with Crippen molar-refractivity contribution in [1.82, 2.24) is 0 Å². The number of ether oxygens (including phenoxy) is 1. The van der Waals surface area contributed by atoms with Gasteiger partial charge in [0.1, 0.15) is 11.7 Å². The summed E-state index contributed by atoms with van der Waals surface area (Å²) in [4.78, 5) is 12.2. The summed E-state index contributed by atoms with van der Waals surface area (Å²) in [5.74, 6) is -1.56. The van der Waals surface area contributed by atoms with Gasteiger partial charge in [0.2, 0.25) is 0 Å². The average molecular weight is 247 g/mol. The normalized spacial score (nSPS) is 18.0. The van der Waals surface area contributed by atoms with Crippen molar-refractivity contribution in [2.45, 2.75) is 18.8 Å². The van der Waals surface area contributed by atoms with Crippen molar-refractivity contribution in [3.05, 3.63) is 35.6 Å². The molecular weight excluding hydrogens is 233 g/mol. The second kappa shape index (κ2) is 5.74. The molecule has 1 heterocycles. The summed E-state index contributed by atoms with van der Waals surface area (Å²) in [6.45, 7) is 1.11. The maximum Gasteiger partial charge on any atom is 0.157 e. The molecule has 0 bridgehead atoms. The second-order valence-corrected chi connectivity index (χ2v) is 4.41. The lowest BCUT2D eigenvalue weighted by Crippen LogP contribution is -2.27. The molecule has 1 atom stereocenters. The van der Waals surface area contributed by atoms with Gasteiger partial charge in [-0.25, -0.2) is 4.39 Å². The minimum Gasteiger partial charge on any atom is -0.381 e. The van der Waals surface area contributed by atoms with Gasteiger partial charge in [0.05, 0.1) is 6.07 Å². The van der Waals surface area contributed by atoms with E-state index in [9.17, 15) is 9.18 Å². The van der Waals surface area contributed by atoms with Crippen molar-refractivity contribution >= 4 is 5.78 Å². The van der Waals surface area contributed by atoms with Gasteiger partial charge < -0.3 is 4.74 Å². The maximum atomic E-state index is 13.1. The molecule has 4 heteroatoms. The number of hydrogen-bond donors (Lipinski definition) is 0. The van der Waals surface area contributed by atoms with Gasteiger partial charge >= 0.3 is 0 Å². The number of Topliss-reactive ketones (excluding diaryl/α,β-unsaturated/α-hetero) is 1. The molecule has 0 aromatic heterocycles. The fourth-order valence-corrected chi connectivity index (χ4v) is 2.21. The third-order valence-electron chi connectivity index (χ3n) is 3.22. The number of hydrogen-bond acceptors (Lipinski definition) is 3. The van der Waals surface area contributed by atoms with Crippen LogP contribution in [0.1, 0.15) is 24.3 Å². The molecule has 1 aromatic rings. The fraction of sp³-hybridized carbons (Fsp3) is 0.429. The Balaban J connectivity index is 2.18. The highest BCUT2D eigenvalue weighted by atomic mass is 19.1. The summed E-state index contributed by atoms with van der Waals surface area (Å²) in [6, 6.07) is 7.68. The van der Waals surface area contributed by atoms with E-state index in [4.69, 9.17) is 10.00 Å². The van der Waals surface area contributed by atoms with Crippen molar-refractivity contribution < 1.29 is 13.9 Å². The lowest BCUT2D eigenvalue weighted by molar-refractivity contribution is -0.126. The van der Waals surface area contributed by atoms with E-state index in [1.165, 1.54) is 18.2 Å². The third-order valence-corrected chi connectivity index (χ3v) is 3.22. The maximum absolute atomic E-state index is 13.1. The molecule has 1 aliphatic rings. The van der Waals surface area contributed by atoms with Crippen LogP contribution in [0.2, 0.25) is 0 Å². The minimum atomic E-state index is -0.871. The SMILES string of the molecule is N#CC(C(=O)C1CCOCC1)c1cccc(F)c1. The first kappa shape index (κ1) is 12.7. The summed E-state index contributed by atoms with van der Waals surface area (Å²) < 4.78 is 18.3. The highest BCUT2D eigenvalue weighted by Gasteiger charge is 2.29. The van der Waals surface area contributed by atoms with Gasteiger partial charge in [0, 0.05) is 19.1 Å². The number of nitrogens with zero attached hydrogens (tertiary/aromatic N) is 1. The van der Waals surface area contributed by atoms with Crippen LogP contribution in [0.5, 0.6) is 0 Å². The zero-order valence-corrected chi connectivity index (χ0v) is 9.93. The molecule has 1 fully saturated rings. The van der Waals surface area contributed by atoms with E-state index in [1.54, 1.807) is 6.07 Å². The Labute approximate surface area is 105 Å². The predicted molar refractivity (Wildman–Crippen MR) is 63.3 cm³/mol. The lowest BCUT2D eigenvalue weighted by atomic mass is 9.84. The first-order valence-corrected chi connectivity index (χ1v) is 5.99. The fourth-order valence-electron chi connectivity index (χ4n) is 2.21. The van der Waals surface area contributed by atoms with E-state index < -0.39 is 11.7 Å². The van der Waals surface area contributed by atoms with Gasteiger partial charge in [-0.15, -0.1) is 0 Å². The van der Waals surface area contributed by atoms with Gasteiger partial charge in [0.25, 0.3) is 0 Å². The summed E-state index contributed by atoms with van der Waals surface area (Å²) in [7, 11) is 0. The second-order valence-electron chi connectivity index (χ2n) is 4.41. The number of benzene rings is 1. The molecule has 0 radical (unpaired) electrons. The van der Waals surface area contributed by atoms with Crippen LogP contribution in [0.4, 0.5) is 4.39 Å². The molecule has 0 aliphatic carbocycles. The van der Waals surface area contributed by atoms with Crippen molar-refractivity contribution in [2.24, 2.45) is 5.92 Å². The number of halogens is 1. The molecule has 0 saturated carbocycles. The predicted octanol–water partition coefficient (Wildman–Crippen LogP) is 2.43. The molecule has 2 rings (SSSR count). The Hall–Kier alpha value is -1.73. The third kappa shape index (κ3) is 2.74. The standard InChI is InChI=1S/C14H14FNO2/c15-12-3-1-2-11(8-12)13(9-16)14(17)10-4-6-18-7-5-10/h1-3,8,10,13H,4-7H2. The van der Waals surface area contributed by atoms with Crippen LogP contribution in [0.3, 0.4) is 0 Å². The summed E-state index contributed by atoms with van der Waals surface area (Å²) in [5, 5.41) is 9.15. The summed E-state index contributed by atoms with van der Waals surface area (Å²) in [5.41, 5.74) is 0.439. The van der Waals surface area contributed by atoms with Gasteiger partial charge in [-0.1, -0.05) is 12.1 Å². The number of carbonyl (C=O) groups excluding carboxylic acids is 1. The molecule has 18 heavy (non-hydrogen) atoms. The van der Waals surface area contributed by atoms with Crippen LogP contribution in [0.25, 0.3) is 0 Å². The Morgan fingerprint density at radius 2 is 2.17 bits per heavy atom. The Morgan fingerprint density at radius 1 is 1.44 bits per heavy atom. The zero-order valence-electron chi connectivity index (χ0n) is 9.93. The molecule has 0 N–H and O–H groups in total. The van der Waals surface area contributed by atoms with Crippen LogP contribution in [0.15, 0.2) is 24.3 Å². The number of ketones is 1. The van der Waals surface area contributed by atoms with Crippen molar-refractivity contribution in [1.29, 1.82) is 5.26 Å². The summed E-state index contributed by atoms with van der Waals surface area (Å²) in [6.07, 6.45) is 1.29. The van der Waals surface area contributed by atoms with Gasteiger partial charge in [-0.05, 0) is 30.5 Å². The van der Waals surface area contributed by atoms with Crippen LogP contribution in [0, 0.1) is 23.1 Å². The molecule has 1 aliphatic heterocycles. The molecule has 1 unspecified atom stereocenters. The summed E-state index contributed by atoms with van der Waals surface area (Å²) >= 11 is 0. The highest BCUT2D eigenvalue weighted by Crippen LogP contribution is 2.26. The van der Waals surface area contributed by atoms with Gasteiger partial charge in [0.15, 0.2) is 5.78 Å². The zero-order chi connectivity index (χ0) is 13.0. The van der Waals surface area contributed by atoms with Crippen LogP contribution < -0.4 is 0 Å². The number of carbonyl (C=O) groups is 1. The highest BCUT2D eigenvalue weighted by molar-refractivity contribution is 5.90. The van der Waals surface area contributed by atoms with E-state index in [-0.39, 0.29) is 11.7 Å². The van der Waals surface area contributed by atoms with Crippen LogP contribution >= 0.6 is 0 Å². The Bertz CT molecular complexity index is 475. The molecule has 0 spiro atoms. The van der Waals surface area contributed by atoms with E-state index in [0.29, 0.717) is 31.6 Å². The van der Waals surface area contributed by atoms with Crippen molar-refractivity contribution in [2.75, 3.05) is 13.2 Å². The average Bonchev–Trinajstić information content (AvgIpc) is 2.40. The van der Waals surface area contributed by atoms with Crippen LogP contribution in [-0.2, 0) is 9.53 Å². The van der Waals surface area contributed by atoms with Gasteiger partial charge in [-0.2, -0.15) is 5.26 Å². The largest absolute Gasteiger partial charge is 0.381 e. The van der Waals surface area contributed by atoms with E-state index in [2.05, 4.69) is 0 Å². The Morgan fingerprint density at radius 3 is 2.78 bits per heavy atom. The van der Waals surface area contributed by atoms with Crippen molar-refractivity contribution in [3.8, 4) is 6.07 Å². The van der Waals surface area contributed by atoms with E-state index >= 15 is 0 Å². The quantitative estimate of drug-likeness (QED) is 0.824. The topological polar surface area (TPSA) is 50.1 Å². The molecule has 0 amide bonds. The first-order valence-electron chi connectivity index (χ1n) is 5.99. The van der Waals surface area contributed by atoms with E-state index in [0.717, 1.165) is 0 Å². The molecule has 1 aromatic carbocycles. The smallest absolute Gasteiger partial charge is 0.157 e. The molecular formula is C14H14FNO2. The van der Waals surface area contributed by atoms with Crippen molar-refractivity contribution in [3.63, 3.8) is 0 Å². The van der Waals surface area contributed by atoms with Crippen LogP contribution in [-0.4, -0.2) is 19.0 Å². The first-order chi connectivity index (χ1) is 8.72. The van der Waals surface area contributed by atoms with E-state index in [1.807, 2.05) is 6.07 Å². The minimum absolute atomic E-state index is 0.119. The monoisotopic (exact) mass is 247 g/mol. The molecule has 3 nitrogen and oxygen atoms in total. The number of rotatable bonds is 3. The Kier molecular flexibility index (Phi) is 4.06. The molecule has 1 saturated heterocycles.